The number of aromatic nitrogens is 2. The zero-order valence-electron chi connectivity index (χ0n) is 12.5. The van der Waals surface area contributed by atoms with Crippen LogP contribution in [0.25, 0.3) is 0 Å². The number of thiocarbonyl (C=S) groups is 1. The standard InChI is InChI=1S/C14H17N5O2S/c1-9(13-8-15-18(3)10(13)2)16-14(22)17-11-4-6-12(7-5-11)19(20)21/h4-9H,1-3H3,(H2,16,17,22). The Hall–Kier alpha value is -2.48. The second-order valence-corrected chi connectivity index (χ2v) is 5.34. The number of hydrogen-bond acceptors (Lipinski definition) is 4. The van der Waals surface area contributed by atoms with Crippen molar-refractivity contribution in [3.05, 3.63) is 51.8 Å². The van der Waals surface area contributed by atoms with Gasteiger partial charge in [0.25, 0.3) is 5.69 Å². The highest BCUT2D eigenvalue weighted by Crippen LogP contribution is 2.18. The van der Waals surface area contributed by atoms with E-state index in [2.05, 4.69) is 15.7 Å². The lowest BCUT2D eigenvalue weighted by Crippen LogP contribution is -2.31. The molecule has 0 saturated heterocycles. The number of anilines is 1. The molecule has 1 aromatic carbocycles. The van der Waals surface area contributed by atoms with Gasteiger partial charge >= 0.3 is 0 Å². The van der Waals surface area contributed by atoms with Crippen LogP contribution in [0.3, 0.4) is 0 Å². The largest absolute Gasteiger partial charge is 0.356 e. The van der Waals surface area contributed by atoms with Gasteiger partial charge in [-0.2, -0.15) is 5.10 Å². The summed E-state index contributed by atoms with van der Waals surface area (Å²) in [5, 5.41) is 21.4. The zero-order chi connectivity index (χ0) is 16.3. The summed E-state index contributed by atoms with van der Waals surface area (Å²) < 4.78 is 1.81. The molecular weight excluding hydrogens is 302 g/mol. The van der Waals surface area contributed by atoms with E-state index in [4.69, 9.17) is 12.2 Å². The van der Waals surface area contributed by atoms with Crippen molar-refractivity contribution in [3.8, 4) is 0 Å². The fourth-order valence-corrected chi connectivity index (χ4v) is 2.34. The molecule has 0 radical (unpaired) electrons. The van der Waals surface area contributed by atoms with Crippen LogP contribution in [-0.4, -0.2) is 19.8 Å². The van der Waals surface area contributed by atoms with Gasteiger partial charge in [-0.05, 0) is 38.2 Å². The molecule has 0 amide bonds. The summed E-state index contributed by atoms with van der Waals surface area (Å²) in [5.41, 5.74) is 2.87. The summed E-state index contributed by atoms with van der Waals surface area (Å²) in [6, 6.07) is 6.10. The van der Waals surface area contributed by atoms with Gasteiger partial charge in [0.1, 0.15) is 0 Å². The number of nitro benzene ring substituents is 1. The third-order valence-electron chi connectivity index (χ3n) is 3.42. The summed E-state index contributed by atoms with van der Waals surface area (Å²) >= 11 is 5.26. The maximum atomic E-state index is 10.6. The van der Waals surface area contributed by atoms with Crippen LogP contribution >= 0.6 is 12.2 Å². The predicted molar refractivity (Wildman–Crippen MR) is 88.8 cm³/mol. The molecule has 1 aromatic heterocycles. The topological polar surface area (TPSA) is 85.0 Å². The molecule has 2 aromatic rings. The van der Waals surface area contributed by atoms with Gasteiger partial charge in [0.05, 0.1) is 17.2 Å². The highest BCUT2D eigenvalue weighted by Gasteiger charge is 2.13. The Labute approximate surface area is 133 Å². The number of benzene rings is 1. The molecule has 0 aliphatic carbocycles. The van der Waals surface area contributed by atoms with Gasteiger partial charge in [0, 0.05) is 36.1 Å². The van der Waals surface area contributed by atoms with Gasteiger partial charge in [0.2, 0.25) is 0 Å². The Morgan fingerprint density at radius 2 is 2.05 bits per heavy atom. The van der Waals surface area contributed by atoms with E-state index in [1.54, 1.807) is 16.8 Å². The first-order valence-corrected chi connectivity index (χ1v) is 7.09. The van der Waals surface area contributed by atoms with Crippen LogP contribution in [0.2, 0.25) is 0 Å². The summed E-state index contributed by atoms with van der Waals surface area (Å²) in [5.74, 6) is 0. The SMILES string of the molecule is Cc1c(C(C)NC(=S)Nc2ccc([N+](=O)[O-])cc2)cnn1C. The van der Waals surface area contributed by atoms with Crippen molar-refractivity contribution in [2.45, 2.75) is 19.9 Å². The van der Waals surface area contributed by atoms with Gasteiger partial charge in [-0.25, -0.2) is 0 Å². The number of non-ortho nitro benzene ring substituents is 1. The molecule has 1 atom stereocenters. The van der Waals surface area contributed by atoms with Crippen molar-refractivity contribution in [2.24, 2.45) is 7.05 Å². The molecule has 1 heterocycles. The lowest BCUT2D eigenvalue weighted by atomic mass is 10.1. The van der Waals surface area contributed by atoms with Crippen LogP contribution in [0.1, 0.15) is 24.2 Å². The Morgan fingerprint density at radius 3 is 2.55 bits per heavy atom. The van der Waals surface area contributed by atoms with Gasteiger partial charge < -0.3 is 10.6 Å². The number of nitro groups is 1. The number of aryl methyl sites for hydroxylation is 1. The number of nitrogens with zero attached hydrogens (tertiary/aromatic N) is 3. The van der Waals surface area contributed by atoms with E-state index in [-0.39, 0.29) is 11.7 Å². The minimum Gasteiger partial charge on any atom is -0.356 e. The maximum Gasteiger partial charge on any atom is 0.269 e. The Morgan fingerprint density at radius 1 is 1.41 bits per heavy atom. The predicted octanol–water partition coefficient (Wildman–Crippen LogP) is 2.68. The molecule has 0 spiro atoms. The first kappa shape index (κ1) is 15.9. The molecule has 0 bridgehead atoms. The lowest BCUT2D eigenvalue weighted by Gasteiger charge is -2.17. The lowest BCUT2D eigenvalue weighted by molar-refractivity contribution is -0.384. The number of nitrogens with one attached hydrogen (secondary N) is 2. The van der Waals surface area contributed by atoms with Crippen LogP contribution in [0.4, 0.5) is 11.4 Å². The van der Waals surface area contributed by atoms with Crippen LogP contribution in [0.15, 0.2) is 30.5 Å². The molecule has 0 saturated carbocycles. The van der Waals surface area contributed by atoms with E-state index in [1.165, 1.54) is 12.1 Å². The van der Waals surface area contributed by atoms with Crippen LogP contribution in [0.5, 0.6) is 0 Å². The Bertz CT molecular complexity index is 696. The fraction of sp³-hybridized carbons (Fsp3) is 0.286. The van der Waals surface area contributed by atoms with E-state index >= 15 is 0 Å². The van der Waals surface area contributed by atoms with Crippen molar-refractivity contribution >= 4 is 28.7 Å². The average molecular weight is 319 g/mol. The summed E-state index contributed by atoms with van der Waals surface area (Å²) in [4.78, 5) is 10.2. The summed E-state index contributed by atoms with van der Waals surface area (Å²) in [6.07, 6.45) is 1.81. The van der Waals surface area contributed by atoms with Gasteiger partial charge in [-0.1, -0.05) is 0 Å². The van der Waals surface area contributed by atoms with Gasteiger partial charge in [-0.3, -0.25) is 14.8 Å². The number of hydrogen-bond donors (Lipinski definition) is 2. The molecule has 2 rings (SSSR count). The second-order valence-electron chi connectivity index (χ2n) is 4.93. The Kier molecular flexibility index (Phi) is 4.71. The van der Waals surface area contributed by atoms with E-state index in [0.29, 0.717) is 10.8 Å². The van der Waals surface area contributed by atoms with Crippen molar-refractivity contribution < 1.29 is 4.92 Å². The highest BCUT2D eigenvalue weighted by atomic mass is 32.1. The van der Waals surface area contributed by atoms with Gasteiger partial charge in [0.15, 0.2) is 5.11 Å². The van der Waals surface area contributed by atoms with Crippen LogP contribution < -0.4 is 10.6 Å². The van der Waals surface area contributed by atoms with Crippen molar-refractivity contribution in [2.75, 3.05) is 5.32 Å². The van der Waals surface area contributed by atoms with Crippen molar-refractivity contribution in [1.29, 1.82) is 0 Å². The third-order valence-corrected chi connectivity index (χ3v) is 3.64. The normalized spacial score (nSPS) is 11.8. The van der Waals surface area contributed by atoms with E-state index < -0.39 is 4.92 Å². The maximum absolute atomic E-state index is 10.6. The number of rotatable bonds is 4. The third kappa shape index (κ3) is 3.59. The molecule has 0 fully saturated rings. The van der Waals surface area contributed by atoms with Crippen LogP contribution in [0, 0.1) is 17.0 Å². The monoisotopic (exact) mass is 319 g/mol. The van der Waals surface area contributed by atoms with Crippen molar-refractivity contribution in [3.63, 3.8) is 0 Å². The quantitative estimate of drug-likeness (QED) is 0.512. The summed E-state index contributed by atoms with van der Waals surface area (Å²) in [7, 11) is 1.89. The molecule has 116 valence electrons. The minimum absolute atomic E-state index is 0.00625. The first-order valence-electron chi connectivity index (χ1n) is 6.69. The molecule has 1 unspecified atom stereocenters. The molecular formula is C14H17N5O2S. The highest BCUT2D eigenvalue weighted by molar-refractivity contribution is 7.80. The average Bonchev–Trinajstić information content (AvgIpc) is 2.79. The molecule has 22 heavy (non-hydrogen) atoms. The molecule has 8 heteroatoms. The Balaban J connectivity index is 1.97. The zero-order valence-corrected chi connectivity index (χ0v) is 13.3. The molecule has 0 aliphatic heterocycles. The van der Waals surface area contributed by atoms with Gasteiger partial charge in [-0.15, -0.1) is 0 Å². The minimum atomic E-state index is -0.437. The molecule has 0 aliphatic rings. The van der Waals surface area contributed by atoms with E-state index in [9.17, 15) is 10.1 Å². The molecule has 7 nitrogen and oxygen atoms in total. The first-order chi connectivity index (χ1) is 10.4. The van der Waals surface area contributed by atoms with E-state index in [0.717, 1.165) is 11.3 Å². The molecule has 2 N–H and O–H groups in total. The van der Waals surface area contributed by atoms with Crippen molar-refractivity contribution in [1.82, 2.24) is 15.1 Å². The smallest absolute Gasteiger partial charge is 0.269 e. The van der Waals surface area contributed by atoms with E-state index in [1.807, 2.05) is 27.1 Å². The van der Waals surface area contributed by atoms with Crippen LogP contribution in [-0.2, 0) is 7.05 Å². The second kappa shape index (κ2) is 6.52. The summed E-state index contributed by atoms with van der Waals surface area (Å²) in [6.45, 7) is 3.99. The fourth-order valence-electron chi connectivity index (χ4n) is 2.05.